The molecule has 0 aliphatic carbocycles. The van der Waals surface area contributed by atoms with E-state index in [1.54, 1.807) is 42.6 Å². The van der Waals surface area contributed by atoms with E-state index >= 15 is 0 Å². The number of aromatic nitrogens is 1. The molecule has 3 aromatic rings. The van der Waals surface area contributed by atoms with E-state index in [4.69, 9.17) is 11.6 Å². The van der Waals surface area contributed by atoms with Crippen LogP contribution in [-0.2, 0) is 6.54 Å². The van der Waals surface area contributed by atoms with Gasteiger partial charge in [-0.05, 0) is 35.9 Å². The molecule has 0 aliphatic rings. The maximum atomic E-state index is 12.6. The molecule has 136 valence electrons. The predicted molar refractivity (Wildman–Crippen MR) is 104 cm³/mol. The smallest absolute Gasteiger partial charge is 0.276 e. The summed E-state index contributed by atoms with van der Waals surface area (Å²) < 4.78 is 1.41. The number of pyridine rings is 1. The minimum absolute atomic E-state index is 0.0392. The third-order valence-corrected chi connectivity index (χ3v) is 4.24. The maximum absolute atomic E-state index is 12.6. The molecule has 0 atom stereocenters. The van der Waals surface area contributed by atoms with Gasteiger partial charge in [0, 0.05) is 16.8 Å². The first kappa shape index (κ1) is 18.4. The summed E-state index contributed by atoms with van der Waals surface area (Å²) in [5, 5.41) is 14.0. The number of hydrogen-bond donors (Lipinski definition) is 2. The first-order chi connectivity index (χ1) is 13.1. The molecule has 1 aromatic heterocycles. The first-order valence-electron chi connectivity index (χ1n) is 8.10. The van der Waals surface area contributed by atoms with Gasteiger partial charge in [0.2, 0.25) is 0 Å². The Morgan fingerprint density at radius 3 is 2.63 bits per heavy atom. The molecule has 2 aromatic carbocycles. The zero-order valence-electron chi connectivity index (χ0n) is 14.2. The Morgan fingerprint density at radius 2 is 1.85 bits per heavy atom. The minimum Gasteiger partial charge on any atom is -0.507 e. The van der Waals surface area contributed by atoms with Gasteiger partial charge in [0.25, 0.3) is 11.5 Å². The van der Waals surface area contributed by atoms with Crippen LogP contribution < -0.4 is 11.0 Å². The van der Waals surface area contributed by atoms with Gasteiger partial charge < -0.3 is 9.67 Å². The number of hydrogen-bond acceptors (Lipinski definition) is 4. The third kappa shape index (κ3) is 4.43. The molecule has 0 saturated heterocycles. The van der Waals surface area contributed by atoms with Crippen molar-refractivity contribution in [1.82, 2.24) is 9.99 Å². The largest absolute Gasteiger partial charge is 0.507 e. The number of amides is 1. The van der Waals surface area contributed by atoms with Gasteiger partial charge in [-0.1, -0.05) is 41.9 Å². The molecule has 0 saturated carbocycles. The monoisotopic (exact) mass is 381 g/mol. The lowest BCUT2D eigenvalue weighted by atomic mass is 10.2. The number of nitrogens with zero attached hydrogens (tertiary/aromatic N) is 2. The molecule has 0 unspecified atom stereocenters. The number of para-hydroxylation sites is 1. The second kappa shape index (κ2) is 8.33. The fraction of sp³-hybridized carbons (Fsp3) is 0.0500. The van der Waals surface area contributed by atoms with Crippen molar-refractivity contribution >= 4 is 23.7 Å². The molecule has 0 radical (unpaired) electrons. The molecule has 2 N–H and O–H groups in total. The number of benzene rings is 2. The molecule has 3 rings (SSSR count). The Kier molecular flexibility index (Phi) is 5.68. The topological polar surface area (TPSA) is 83.7 Å². The minimum atomic E-state index is -0.639. The average Bonchev–Trinajstić information content (AvgIpc) is 2.66. The second-order valence-electron chi connectivity index (χ2n) is 5.70. The third-order valence-electron chi connectivity index (χ3n) is 3.87. The van der Waals surface area contributed by atoms with Crippen molar-refractivity contribution in [3.63, 3.8) is 0 Å². The number of aromatic hydroxyl groups is 1. The van der Waals surface area contributed by atoms with Crippen molar-refractivity contribution in [1.29, 1.82) is 0 Å². The van der Waals surface area contributed by atoms with Crippen LogP contribution in [0, 0.1) is 0 Å². The quantitative estimate of drug-likeness (QED) is 0.526. The van der Waals surface area contributed by atoms with Crippen LogP contribution in [0.2, 0.25) is 5.02 Å². The number of nitrogens with one attached hydrogen (secondary N) is 1. The fourth-order valence-electron chi connectivity index (χ4n) is 2.46. The second-order valence-corrected chi connectivity index (χ2v) is 6.11. The highest BCUT2D eigenvalue weighted by molar-refractivity contribution is 6.31. The van der Waals surface area contributed by atoms with E-state index in [-0.39, 0.29) is 17.9 Å². The predicted octanol–water partition coefficient (Wildman–Crippen LogP) is 3.02. The maximum Gasteiger partial charge on any atom is 0.276 e. The van der Waals surface area contributed by atoms with E-state index in [1.807, 2.05) is 12.1 Å². The number of carbonyl (C=O) groups is 1. The van der Waals surface area contributed by atoms with Gasteiger partial charge in [0.1, 0.15) is 11.3 Å². The van der Waals surface area contributed by atoms with E-state index in [2.05, 4.69) is 10.5 Å². The number of rotatable bonds is 5. The molecule has 0 fully saturated rings. The summed E-state index contributed by atoms with van der Waals surface area (Å²) in [7, 11) is 0. The van der Waals surface area contributed by atoms with Gasteiger partial charge in [-0.2, -0.15) is 5.10 Å². The van der Waals surface area contributed by atoms with Crippen LogP contribution >= 0.6 is 11.6 Å². The first-order valence-corrected chi connectivity index (χ1v) is 8.48. The Hall–Kier alpha value is -3.38. The highest BCUT2D eigenvalue weighted by Gasteiger charge is 2.12. The van der Waals surface area contributed by atoms with Crippen LogP contribution in [0.3, 0.4) is 0 Å². The highest BCUT2D eigenvalue weighted by atomic mass is 35.5. The van der Waals surface area contributed by atoms with Crippen LogP contribution in [0.5, 0.6) is 5.75 Å². The number of carbonyl (C=O) groups excluding carboxylic acids is 1. The summed E-state index contributed by atoms with van der Waals surface area (Å²) >= 11 is 6.13. The lowest BCUT2D eigenvalue weighted by Gasteiger charge is -2.09. The highest BCUT2D eigenvalue weighted by Crippen LogP contribution is 2.15. The SMILES string of the molecule is O=C(N/N=C\c1ccccc1O)c1cccn(Cc2ccccc2Cl)c1=O. The summed E-state index contributed by atoms with van der Waals surface area (Å²) in [5.74, 6) is -0.600. The number of hydrazone groups is 1. The Bertz CT molecular complexity index is 1060. The molecule has 7 heteroatoms. The fourth-order valence-corrected chi connectivity index (χ4v) is 2.66. The normalized spacial score (nSPS) is 10.9. The average molecular weight is 382 g/mol. The van der Waals surface area contributed by atoms with Gasteiger partial charge in [0.05, 0.1) is 12.8 Å². The van der Waals surface area contributed by atoms with Gasteiger partial charge in [0.15, 0.2) is 0 Å². The molecular weight excluding hydrogens is 366 g/mol. The van der Waals surface area contributed by atoms with Crippen LogP contribution in [0.25, 0.3) is 0 Å². The molecule has 0 bridgehead atoms. The van der Waals surface area contributed by atoms with Crippen LogP contribution in [0.4, 0.5) is 0 Å². The van der Waals surface area contributed by atoms with E-state index in [9.17, 15) is 14.7 Å². The Balaban J connectivity index is 1.77. The van der Waals surface area contributed by atoms with Gasteiger partial charge in [-0.3, -0.25) is 9.59 Å². The van der Waals surface area contributed by atoms with Crippen molar-refractivity contribution in [2.75, 3.05) is 0 Å². The van der Waals surface area contributed by atoms with E-state index in [0.717, 1.165) is 5.56 Å². The summed E-state index contributed by atoms with van der Waals surface area (Å²) in [4.78, 5) is 24.9. The van der Waals surface area contributed by atoms with Gasteiger partial charge >= 0.3 is 0 Å². The summed E-state index contributed by atoms with van der Waals surface area (Å²) in [6.07, 6.45) is 2.90. The number of halogens is 1. The van der Waals surface area contributed by atoms with Gasteiger partial charge in [-0.25, -0.2) is 5.43 Å². The summed E-state index contributed by atoms with van der Waals surface area (Å²) in [6, 6.07) is 16.8. The van der Waals surface area contributed by atoms with Crippen molar-refractivity contribution in [3.05, 3.63) is 98.9 Å². The molecular formula is C20H16ClN3O3. The van der Waals surface area contributed by atoms with E-state index < -0.39 is 11.5 Å². The van der Waals surface area contributed by atoms with E-state index in [0.29, 0.717) is 10.6 Å². The molecule has 27 heavy (non-hydrogen) atoms. The summed E-state index contributed by atoms with van der Waals surface area (Å²) in [6.45, 7) is 0.251. The van der Waals surface area contributed by atoms with Crippen molar-refractivity contribution in [2.45, 2.75) is 6.54 Å². The van der Waals surface area contributed by atoms with Crippen molar-refractivity contribution < 1.29 is 9.90 Å². The molecule has 0 spiro atoms. The molecule has 1 amide bonds. The van der Waals surface area contributed by atoms with Crippen LogP contribution in [0.1, 0.15) is 21.5 Å². The lowest BCUT2D eigenvalue weighted by Crippen LogP contribution is -2.31. The lowest BCUT2D eigenvalue weighted by molar-refractivity contribution is 0.0953. The molecule has 0 aliphatic heterocycles. The zero-order chi connectivity index (χ0) is 19.2. The van der Waals surface area contributed by atoms with Crippen LogP contribution in [0.15, 0.2) is 76.8 Å². The van der Waals surface area contributed by atoms with Crippen molar-refractivity contribution in [3.8, 4) is 5.75 Å². The molecule has 1 heterocycles. The van der Waals surface area contributed by atoms with Crippen LogP contribution in [-0.4, -0.2) is 21.8 Å². The number of phenolic OH excluding ortho intramolecular Hbond substituents is 1. The van der Waals surface area contributed by atoms with Gasteiger partial charge in [-0.15, -0.1) is 0 Å². The molecule has 6 nitrogen and oxygen atoms in total. The number of phenols is 1. The van der Waals surface area contributed by atoms with Crippen molar-refractivity contribution in [2.24, 2.45) is 5.10 Å². The van der Waals surface area contributed by atoms with E-state index in [1.165, 1.54) is 22.9 Å². The standard InChI is InChI=1S/C20H16ClN3O3/c21-17-9-3-1-7-15(17)13-24-11-5-8-16(20(24)27)19(26)23-22-12-14-6-2-4-10-18(14)25/h1-12,25H,13H2,(H,23,26)/b22-12-. The Morgan fingerprint density at radius 1 is 1.11 bits per heavy atom. The zero-order valence-corrected chi connectivity index (χ0v) is 14.9. The summed E-state index contributed by atoms with van der Waals surface area (Å²) in [5.41, 5.74) is 3.02. The Labute approximate surface area is 160 Å².